The van der Waals surface area contributed by atoms with Crippen molar-refractivity contribution in [2.75, 3.05) is 5.32 Å². The van der Waals surface area contributed by atoms with Gasteiger partial charge in [-0.2, -0.15) is 5.26 Å². The zero-order valence-electron chi connectivity index (χ0n) is 18.0. The van der Waals surface area contributed by atoms with Gasteiger partial charge in [0.2, 0.25) is 0 Å². The van der Waals surface area contributed by atoms with Crippen LogP contribution in [0.25, 0.3) is 17.1 Å². The van der Waals surface area contributed by atoms with E-state index in [0.29, 0.717) is 11.5 Å². The summed E-state index contributed by atoms with van der Waals surface area (Å²) in [5, 5.41) is 16.1. The number of halogens is 1. The van der Waals surface area contributed by atoms with Crippen molar-refractivity contribution in [1.29, 1.82) is 5.26 Å². The molecular weight excluding hydrogens is 454 g/mol. The SMILES string of the molecule is CC(OC(=O)c1nc(-c2ccccc2)n(-c2ccccc2)n1)C(=O)Nc1ccc(C#N)c(Cl)c1. The minimum absolute atomic E-state index is 0.177. The molecule has 1 heterocycles. The molecule has 8 nitrogen and oxygen atoms in total. The van der Waals surface area contributed by atoms with Crippen molar-refractivity contribution in [2.24, 2.45) is 0 Å². The molecule has 0 radical (unpaired) electrons. The van der Waals surface area contributed by atoms with Gasteiger partial charge in [0.1, 0.15) is 6.07 Å². The number of ether oxygens (including phenoxy) is 1. The minimum atomic E-state index is -1.13. The highest BCUT2D eigenvalue weighted by atomic mass is 35.5. The Labute approximate surface area is 200 Å². The van der Waals surface area contributed by atoms with Crippen molar-refractivity contribution in [3.8, 4) is 23.1 Å². The first-order chi connectivity index (χ1) is 16.5. The number of benzene rings is 3. The number of rotatable bonds is 6. The maximum Gasteiger partial charge on any atom is 0.379 e. The lowest BCUT2D eigenvalue weighted by Gasteiger charge is -2.12. The molecule has 0 aliphatic heterocycles. The fourth-order valence-electron chi connectivity index (χ4n) is 3.12. The van der Waals surface area contributed by atoms with Gasteiger partial charge >= 0.3 is 5.97 Å². The molecular formula is C25H18ClN5O3. The number of aromatic nitrogens is 3. The lowest BCUT2D eigenvalue weighted by Crippen LogP contribution is -2.30. The number of hydrogen-bond donors (Lipinski definition) is 1. The minimum Gasteiger partial charge on any atom is -0.447 e. The molecule has 4 aromatic rings. The van der Waals surface area contributed by atoms with Crippen LogP contribution in [-0.2, 0) is 9.53 Å². The lowest BCUT2D eigenvalue weighted by molar-refractivity contribution is -0.123. The Balaban J connectivity index is 1.53. The van der Waals surface area contributed by atoms with E-state index in [9.17, 15) is 9.59 Å². The summed E-state index contributed by atoms with van der Waals surface area (Å²) in [6, 6.07) is 25.0. The smallest absolute Gasteiger partial charge is 0.379 e. The molecule has 168 valence electrons. The van der Waals surface area contributed by atoms with Crippen LogP contribution in [0.5, 0.6) is 0 Å². The third-order valence-electron chi connectivity index (χ3n) is 4.83. The number of carbonyl (C=O) groups is 2. The van der Waals surface area contributed by atoms with Gasteiger partial charge in [-0.25, -0.2) is 14.5 Å². The Hall–Kier alpha value is -4.48. The Morgan fingerprint density at radius 2 is 1.74 bits per heavy atom. The first-order valence-electron chi connectivity index (χ1n) is 10.3. The van der Waals surface area contributed by atoms with Gasteiger partial charge in [0, 0.05) is 11.3 Å². The van der Waals surface area contributed by atoms with Gasteiger partial charge in [-0.3, -0.25) is 4.79 Å². The van der Waals surface area contributed by atoms with E-state index < -0.39 is 18.0 Å². The molecule has 1 aromatic heterocycles. The van der Waals surface area contributed by atoms with Crippen LogP contribution < -0.4 is 5.32 Å². The highest BCUT2D eigenvalue weighted by Gasteiger charge is 2.24. The van der Waals surface area contributed by atoms with Gasteiger partial charge in [0.15, 0.2) is 11.9 Å². The van der Waals surface area contributed by atoms with E-state index in [1.54, 1.807) is 4.68 Å². The Morgan fingerprint density at radius 1 is 1.06 bits per heavy atom. The van der Waals surface area contributed by atoms with Crippen LogP contribution in [0.15, 0.2) is 78.9 Å². The molecule has 0 bridgehead atoms. The Bertz CT molecular complexity index is 1320. The number of nitrogens with one attached hydrogen (secondary N) is 1. The average Bonchev–Trinajstić information content (AvgIpc) is 3.31. The number of hydrogen-bond acceptors (Lipinski definition) is 6. The van der Waals surface area contributed by atoms with Crippen molar-refractivity contribution >= 4 is 29.2 Å². The summed E-state index contributed by atoms with van der Waals surface area (Å²) in [6.07, 6.45) is -1.13. The second-order valence-electron chi connectivity index (χ2n) is 7.22. The summed E-state index contributed by atoms with van der Waals surface area (Å²) >= 11 is 6.00. The van der Waals surface area contributed by atoms with Crippen molar-refractivity contribution in [3.63, 3.8) is 0 Å². The first kappa shape index (κ1) is 22.7. The predicted octanol–water partition coefficient (Wildman–Crippen LogP) is 4.64. The van der Waals surface area contributed by atoms with Crippen molar-refractivity contribution in [3.05, 3.63) is 95.3 Å². The first-order valence-corrected chi connectivity index (χ1v) is 10.6. The van der Waals surface area contributed by atoms with Crippen LogP contribution in [0.2, 0.25) is 5.02 Å². The second kappa shape index (κ2) is 9.98. The van der Waals surface area contributed by atoms with Crippen molar-refractivity contribution < 1.29 is 14.3 Å². The zero-order valence-corrected chi connectivity index (χ0v) is 18.7. The summed E-state index contributed by atoms with van der Waals surface area (Å²) in [4.78, 5) is 29.7. The van der Waals surface area contributed by atoms with Gasteiger partial charge in [0.05, 0.1) is 16.3 Å². The summed E-state index contributed by atoms with van der Waals surface area (Å²) in [6.45, 7) is 1.44. The van der Waals surface area contributed by atoms with E-state index in [-0.39, 0.29) is 16.4 Å². The van der Waals surface area contributed by atoms with Gasteiger partial charge in [-0.1, -0.05) is 60.1 Å². The molecule has 1 N–H and O–H groups in total. The topological polar surface area (TPSA) is 110 Å². The molecule has 0 saturated carbocycles. The quantitative estimate of drug-likeness (QED) is 0.410. The third kappa shape index (κ3) is 4.95. The Morgan fingerprint density at radius 3 is 2.38 bits per heavy atom. The van der Waals surface area contributed by atoms with E-state index in [4.69, 9.17) is 21.6 Å². The molecule has 0 fully saturated rings. The van der Waals surface area contributed by atoms with Crippen LogP contribution in [-0.4, -0.2) is 32.7 Å². The molecule has 1 atom stereocenters. The third-order valence-corrected chi connectivity index (χ3v) is 5.15. The molecule has 0 spiro atoms. The van der Waals surface area contributed by atoms with E-state index in [1.165, 1.54) is 25.1 Å². The fraction of sp³-hybridized carbons (Fsp3) is 0.0800. The van der Waals surface area contributed by atoms with Crippen LogP contribution >= 0.6 is 11.6 Å². The van der Waals surface area contributed by atoms with Crippen LogP contribution in [0.1, 0.15) is 23.1 Å². The van der Waals surface area contributed by atoms with Crippen LogP contribution in [0.4, 0.5) is 5.69 Å². The van der Waals surface area contributed by atoms with Gasteiger partial charge in [0.25, 0.3) is 11.7 Å². The maximum absolute atomic E-state index is 12.8. The maximum atomic E-state index is 12.8. The average molecular weight is 472 g/mol. The number of carbonyl (C=O) groups excluding carboxylic acids is 2. The lowest BCUT2D eigenvalue weighted by atomic mass is 10.2. The summed E-state index contributed by atoms with van der Waals surface area (Å²) in [7, 11) is 0. The van der Waals surface area contributed by atoms with Crippen LogP contribution in [0, 0.1) is 11.3 Å². The number of esters is 1. The Kier molecular flexibility index (Phi) is 6.67. The summed E-state index contributed by atoms with van der Waals surface area (Å²) in [5.41, 5.74) is 2.14. The van der Waals surface area contributed by atoms with E-state index >= 15 is 0 Å². The second-order valence-corrected chi connectivity index (χ2v) is 7.62. The summed E-state index contributed by atoms with van der Waals surface area (Å²) in [5.74, 6) is -1.13. The molecule has 0 aliphatic carbocycles. The molecule has 0 aliphatic rings. The molecule has 4 rings (SSSR count). The number of nitrogens with zero attached hydrogens (tertiary/aromatic N) is 4. The van der Waals surface area contributed by atoms with E-state index in [0.717, 1.165) is 11.3 Å². The normalized spacial score (nSPS) is 11.3. The molecule has 0 saturated heterocycles. The van der Waals surface area contributed by atoms with Gasteiger partial charge < -0.3 is 10.1 Å². The monoisotopic (exact) mass is 471 g/mol. The highest BCUT2D eigenvalue weighted by molar-refractivity contribution is 6.32. The van der Waals surface area contributed by atoms with Crippen LogP contribution in [0.3, 0.4) is 0 Å². The standard InChI is InChI=1S/C25H18ClN5O3/c1-16(24(32)28-19-13-12-18(15-27)21(26)14-19)34-25(33)22-29-23(17-8-4-2-5-9-17)31(30-22)20-10-6-3-7-11-20/h2-14,16H,1H3,(H,28,32). The number of para-hydroxylation sites is 1. The van der Waals surface area contributed by atoms with E-state index in [2.05, 4.69) is 15.4 Å². The van der Waals surface area contributed by atoms with Gasteiger partial charge in [-0.05, 0) is 37.3 Å². The fourth-order valence-corrected chi connectivity index (χ4v) is 3.34. The number of nitriles is 1. The highest BCUT2D eigenvalue weighted by Crippen LogP contribution is 2.22. The number of anilines is 1. The molecule has 3 aromatic carbocycles. The predicted molar refractivity (Wildman–Crippen MR) is 126 cm³/mol. The molecule has 9 heteroatoms. The van der Waals surface area contributed by atoms with E-state index in [1.807, 2.05) is 66.7 Å². The summed E-state index contributed by atoms with van der Waals surface area (Å²) < 4.78 is 6.86. The molecule has 1 amide bonds. The zero-order chi connectivity index (χ0) is 24.1. The molecule has 1 unspecified atom stereocenters. The van der Waals surface area contributed by atoms with Crippen molar-refractivity contribution in [1.82, 2.24) is 14.8 Å². The molecule has 34 heavy (non-hydrogen) atoms. The largest absolute Gasteiger partial charge is 0.447 e. The van der Waals surface area contributed by atoms with Crippen molar-refractivity contribution in [2.45, 2.75) is 13.0 Å². The number of amides is 1. The van der Waals surface area contributed by atoms with Gasteiger partial charge in [-0.15, -0.1) is 5.10 Å².